The number of fused-ring (bicyclic) bond motifs is 1. The minimum Gasteiger partial charge on any atom is -0.351 e. The first-order chi connectivity index (χ1) is 7.00. The summed E-state index contributed by atoms with van der Waals surface area (Å²) in [5, 5.41) is 0. The Hall–Kier alpha value is -2.18. The van der Waals surface area contributed by atoms with Crippen LogP contribution in [-0.4, -0.2) is 25.6 Å². The zero-order chi connectivity index (χ0) is 11.2. The minimum atomic E-state index is -0.846. The van der Waals surface area contributed by atoms with Crippen molar-refractivity contribution in [2.45, 2.75) is 13.8 Å². The summed E-state index contributed by atoms with van der Waals surface area (Å²) in [7, 11) is 0. The lowest BCUT2D eigenvalue weighted by molar-refractivity contribution is 0.250. The van der Waals surface area contributed by atoms with Crippen LogP contribution in [0.1, 0.15) is 11.5 Å². The Morgan fingerprint density at radius 3 is 2.67 bits per heavy atom. The number of rotatable bonds is 0. The van der Waals surface area contributed by atoms with Crippen LogP contribution in [0.3, 0.4) is 0 Å². The maximum absolute atomic E-state index is 11.4. The Bertz CT molecular complexity index is 609. The number of aryl methyl sites for hydroxylation is 2. The number of H-pyrrole nitrogens is 1. The van der Waals surface area contributed by atoms with E-state index in [4.69, 9.17) is 5.73 Å². The van der Waals surface area contributed by atoms with Gasteiger partial charge in [-0.3, -0.25) is 4.98 Å². The highest BCUT2D eigenvalue weighted by Gasteiger charge is 2.15. The van der Waals surface area contributed by atoms with E-state index in [1.54, 1.807) is 13.8 Å². The summed E-state index contributed by atoms with van der Waals surface area (Å²) in [6.07, 6.45) is 0. The van der Waals surface area contributed by atoms with Gasteiger partial charge in [-0.15, -0.1) is 0 Å². The minimum absolute atomic E-state index is 0.323. The molecule has 0 bridgehead atoms. The van der Waals surface area contributed by atoms with Gasteiger partial charge in [0.05, 0.1) is 5.69 Å². The van der Waals surface area contributed by atoms with Crippen molar-refractivity contribution >= 4 is 17.2 Å². The fourth-order valence-electron chi connectivity index (χ4n) is 1.53. The van der Waals surface area contributed by atoms with Gasteiger partial charge in [-0.2, -0.15) is 0 Å². The molecule has 2 aromatic rings. The van der Waals surface area contributed by atoms with Crippen LogP contribution in [0.25, 0.3) is 11.2 Å². The predicted octanol–water partition coefficient (Wildman–Crippen LogP) is -0.337. The summed E-state index contributed by atoms with van der Waals surface area (Å²) >= 11 is 0. The lowest BCUT2D eigenvalue weighted by atomic mass is 10.4. The maximum Gasteiger partial charge on any atom is 0.336 e. The third-order valence-electron chi connectivity index (χ3n) is 2.04. The number of aromatic nitrogens is 4. The van der Waals surface area contributed by atoms with Gasteiger partial charge in [-0.05, 0) is 13.8 Å². The number of hydrogen-bond acceptors (Lipinski definition) is 4. The first-order valence-electron chi connectivity index (χ1n) is 4.26. The summed E-state index contributed by atoms with van der Waals surface area (Å²) in [4.78, 5) is 32.9. The molecule has 0 radical (unpaired) electrons. The summed E-state index contributed by atoms with van der Waals surface area (Å²) in [6.45, 7) is 3.39. The van der Waals surface area contributed by atoms with E-state index in [0.29, 0.717) is 22.7 Å². The molecule has 0 saturated carbocycles. The van der Waals surface area contributed by atoms with Gasteiger partial charge in [-0.1, -0.05) is 0 Å². The van der Waals surface area contributed by atoms with Gasteiger partial charge in [0.25, 0.3) is 0 Å². The first kappa shape index (κ1) is 9.38. The summed E-state index contributed by atoms with van der Waals surface area (Å²) in [5.41, 5.74) is 5.68. The number of nitrogens with zero attached hydrogens (tertiary/aromatic N) is 3. The molecule has 2 aromatic heterocycles. The molecule has 78 valence electrons. The van der Waals surface area contributed by atoms with Crippen molar-refractivity contribution in [1.29, 1.82) is 0 Å². The van der Waals surface area contributed by atoms with Crippen LogP contribution in [0.2, 0.25) is 0 Å². The second-order valence-electron chi connectivity index (χ2n) is 3.16. The Labute approximate surface area is 83.9 Å². The van der Waals surface area contributed by atoms with Crippen molar-refractivity contribution in [3.63, 3.8) is 0 Å². The number of carbonyl (C=O) groups is 1. The van der Waals surface area contributed by atoms with Gasteiger partial charge in [0.1, 0.15) is 11.3 Å². The normalized spacial score (nSPS) is 10.8. The van der Waals surface area contributed by atoms with Crippen LogP contribution >= 0.6 is 0 Å². The average Bonchev–Trinajstić information content (AvgIpc) is 2.40. The number of nitrogens with two attached hydrogens (primary N) is 1. The molecule has 0 unspecified atom stereocenters. The SMILES string of the molecule is Cc1nc(C)c2c(n1)[nH]c(=O)n2C(N)=O. The maximum atomic E-state index is 11.4. The van der Waals surface area contributed by atoms with Crippen molar-refractivity contribution in [3.05, 3.63) is 22.0 Å². The Morgan fingerprint density at radius 1 is 1.40 bits per heavy atom. The van der Waals surface area contributed by atoms with Gasteiger partial charge in [0.2, 0.25) is 0 Å². The zero-order valence-electron chi connectivity index (χ0n) is 8.24. The molecule has 7 nitrogen and oxygen atoms in total. The molecule has 15 heavy (non-hydrogen) atoms. The number of imidazole rings is 1. The van der Waals surface area contributed by atoms with Gasteiger partial charge in [-0.25, -0.2) is 24.1 Å². The van der Waals surface area contributed by atoms with E-state index in [2.05, 4.69) is 15.0 Å². The molecule has 1 amide bonds. The number of nitrogens with one attached hydrogen (secondary N) is 1. The third kappa shape index (κ3) is 1.28. The topological polar surface area (TPSA) is 107 Å². The highest BCUT2D eigenvalue weighted by atomic mass is 16.2. The van der Waals surface area contributed by atoms with E-state index < -0.39 is 11.7 Å². The molecule has 0 atom stereocenters. The van der Waals surface area contributed by atoms with Gasteiger partial charge >= 0.3 is 11.7 Å². The van der Waals surface area contributed by atoms with Crippen molar-refractivity contribution in [2.75, 3.05) is 0 Å². The number of hydrogen-bond donors (Lipinski definition) is 2. The fourth-order valence-corrected chi connectivity index (χ4v) is 1.53. The van der Waals surface area contributed by atoms with Gasteiger partial charge in [0, 0.05) is 0 Å². The molecule has 2 heterocycles. The lowest BCUT2D eigenvalue weighted by Crippen LogP contribution is -2.29. The van der Waals surface area contributed by atoms with E-state index in [1.165, 1.54) is 0 Å². The Morgan fingerprint density at radius 2 is 2.07 bits per heavy atom. The highest BCUT2D eigenvalue weighted by Crippen LogP contribution is 2.10. The molecular formula is C8H9N5O2. The average molecular weight is 207 g/mol. The van der Waals surface area contributed by atoms with Crippen LogP contribution in [0.5, 0.6) is 0 Å². The van der Waals surface area contributed by atoms with Crippen molar-refractivity contribution in [2.24, 2.45) is 5.73 Å². The molecule has 0 saturated heterocycles. The van der Waals surface area contributed by atoms with E-state index in [1.807, 2.05) is 0 Å². The Balaban J connectivity index is 3.00. The molecular weight excluding hydrogens is 198 g/mol. The van der Waals surface area contributed by atoms with Gasteiger partial charge in [0.15, 0.2) is 5.65 Å². The molecule has 0 aliphatic heterocycles. The smallest absolute Gasteiger partial charge is 0.336 e. The second-order valence-corrected chi connectivity index (χ2v) is 3.16. The molecule has 0 aliphatic rings. The number of amides is 1. The van der Waals surface area contributed by atoms with Gasteiger partial charge < -0.3 is 5.73 Å². The van der Waals surface area contributed by atoms with Crippen LogP contribution in [0, 0.1) is 13.8 Å². The molecule has 0 aromatic carbocycles. The van der Waals surface area contributed by atoms with E-state index in [-0.39, 0.29) is 0 Å². The summed E-state index contributed by atoms with van der Waals surface area (Å²) in [5.74, 6) is 0.526. The molecule has 7 heteroatoms. The fraction of sp³-hybridized carbons (Fsp3) is 0.250. The van der Waals surface area contributed by atoms with Crippen LogP contribution in [0.4, 0.5) is 4.79 Å². The number of aromatic amines is 1. The van der Waals surface area contributed by atoms with Crippen LogP contribution < -0.4 is 11.4 Å². The second kappa shape index (κ2) is 2.91. The lowest BCUT2D eigenvalue weighted by Gasteiger charge is -1.99. The third-order valence-corrected chi connectivity index (χ3v) is 2.04. The predicted molar refractivity (Wildman–Crippen MR) is 52.6 cm³/mol. The van der Waals surface area contributed by atoms with E-state index in [0.717, 1.165) is 4.57 Å². The summed E-state index contributed by atoms with van der Waals surface area (Å²) < 4.78 is 0.824. The van der Waals surface area contributed by atoms with E-state index >= 15 is 0 Å². The molecule has 3 N–H and O–H groups in total. The Kier molecular flexibility index (Phi) is 1.82. The summed E-state index contributed by atoms with van der Waals surface area (Å²) in [6, 6.07) is -0.846. The first-order valence-corrected chi connectivity index (χ1v) is 4.26. The monoisotopic (exact) mass is 207 g/mol. The molecule has 0 spiro atoms. The molecule has 0 aliphatic carbocycles. The van der Waals surface area contributed by atoms with Crippen LogP contribution in [-0.2, 0) is 0 Å². The van der Waals surface area contributed by atoms with E-state index in [9.17, 15) is 9.59 Å². The number of carbonyl (C=O) groups excluding carboxylic acids is 1. The largest absolute Gasteiger partial charge is 0.351 e. The van der Waals surface area contributed by atoms with Crippen molar-refractivity contribution < 1.29 is 4.79 Å². The van der Waals surface area contributed by atoms with Crippen molar-refractivity contribution in [1.82, 2.24) is 19.5 Å². The molecule has 0 fully saturated rings. The van der Waals surface area contributed by atoms with Crippen molar-refractivity contribution in [3.8, 4) is 0 Å². The quantitative estimate of drug-likeness (QED) is 0.616. The zero-order valence-corrected chi connectivity index (χ0v) is 8.24. The number of primary amides is 1. The highest BCUT2D eigenvalue weighted by molar-refractivity contribution is 5.87. The standard InChI is InChI=1S/C8H9N5O2/c1-3-5-6(11-4(2)10-3)12-8(15)13(5)7(9)14/h1-2H3,(H2,9,14)(H,10,11,12,15). The van der Waals surface area contributed by atoms with Crippen LogP contribution in [0.15, 0.2) is 4.79 Å². The molecule has 2 rings (SSSR count).